The number of hydrogen-bond donors (Lipinski definition) is 1. The Kier molecular flexibility index (Phi) is 4.59. The van der Waals surface area contributed by atoms with Crippen LogP contribution < -0.4 is 5.32 Å². The molecule has 1 nitrogen and oxygen atoms in total. The van der Waals surface area contributed by atoms with Crippen molar-refractivity contribution in [1.29, 1.82) is 0 Å². The molecule has 12 heavy (non-hydrogen) atoms. The lowest BCUT2D eigenvalue weighted by Crippen LogP contribution is -2.35. The smallest absolute Gasteiger partial charge is 0.102 e. The van der Waals surface area contributed by atoms with Crippen LogP contribution in [0.15, 0.2) is 0 Å². The van der Waals surface area contributed by atoms with Crippen LogP contribution in [0.4, 0.5) is 4.39 Å². The van der Waals surface area contributed by atoms with Crippen molar-refractivity contribution >= 4 is 0 Å². The second-order valence-electron chi connectivity index (χ2n) is 3.86. The lowest BCUT2D eigenvalue weighted by molar-refractivity contribution is 0.339. The van der Waals surface area contributed by atoms with Crippen LogP contribution in [0.2, 0.25) is 0 Å². The highest BCUT2D eigenvalue weighted by atomic mass is 19.1. The van der Waals surface area contributed by atoms with Crippen molar-refractivity contribution in [3.63, 3.8) is 0 Å². The summed E-state index contributed by atoms with van der Waals surface area (Å²) in [5, 5.41) is 3.29. The van der Waals surface area contributed by atoms with Crippen molar-refractivity contribution < 1.29 is 4.39 Å². The molecular formula is C10H20FN. The van der Waals surface area contributed by atoms with Gasteiger partial charge in [0, 0.05) is 12.6 Å². The molecule has 2 atom stereocenters. The first kappa shape index (κ1) is 9.97. The number of rotatable bonds is 3. The van der Waals surface area contributed by atoms with Crippen LogP contribution in [0, 0.1) is 5.92 Å². The van der Waals surface area contributed by atoms with E-state index in [1.165, 1.54) is 32.1 Å². The quantitative estimate of drug-likeness (QED) is 0.647. The number of halogens is 1. The molecule has 1 saturated carbocycles. The van der Waals surface area contributed by atoms with Gasteiger partial charge in [0.15, 0.2) is 0 Å². The predicted octanol–water partition coefficient (Wildman–Crippen LogP) is 2.51. The Hall–Kier alpha value is -0.110. The van der Waals surface area contributed by atoms with Gasteiger partial charge in [0.25, 0.3) is 0 Å². The first-order valence-corrected chi connectivity index (χ1v) is 5.14. The molecule has 0 saturated heterocycles. The van der Waals surface area contributed by atoms with E-state index in [4.69, 9.17) is 0 Å². The molecule has 1 fully saturated rings. The Morgan fingerprint density at radius 1 is 1.25 bits per heavy atom. The van der Waals surface area contributed by atoms with E-state index in [0.717, 1.165) is 5.92 Å². The average Bonchev–Trinajstić information content (AvgIpc) is 2.27. The second kappa shape index (κ2) is 5.52. The molecule has 0 spiro atoms. The molecule has 1 N–H and O–H groups in total. The zero-order chi connectivity index (χ0) is 8.81. The summed E-state index contributed by atoms with van der Waals surface area (Å²) in [6.07, 6.45) is 6.58. The topological polar surface area (TPSA) is 12.0 Å². The van der Waals surface area contributed by atoms with Gasteiger partial charge in [-0.2, -0.15) is 0 Å². The lowest BCUT2D eigenvalue weighted by Gasteiger charge is -2.21. The highest BCUT2D eigenvalue weighted by Gasteiger charge is 2.18. The molecule has 0 amide bonds. The van der Waals surface area contributed by atoms with Gasteiger partial charge in [-0.25, -0.2) is 4.39 Å². The van der Waals surface area contributed by atoms with Gasteiger partial charge in [-0.3, -0.25) is 0 Å². The number of alkyl halides is 1. The summed E-state index contributed by atoms with van der Waals surface area (Å²) in [7, 11) is 0. The van der Waals surface area contributed by atoms with Crippen molar-refractivity contribution in [2.24, 2.45) is 5.92 Å². The zero-order valence-electron chi connectivity index (χ0n) is 7.98. The Labute approximate surface area is 74.7 Å². The molecule has 72 valence electrons. The van der Waals surface area contributed by atoms with Crippen molar-refractivity contribution in [3.05, 3.63) is 0 Å². The van der Waals surface area contributed by atoms with Gasteiger partial charge >= 0.3 is 0 Å². The summed E-state index contributed by atoms with van der Waals surface area (Å²) < 4.78 is 11.9. The summed E-state index contributed by atoms with van der Waals surface area (Å²) in [5.74, 6) is 0.735. The third kappa shape index (κ3) is 3.10. The second-order valence-corrected chi connectivity index (χ2v) is 3.86. The number of hydrogen-bond acceptors (Lipinski definition) is 1. The third-order valence-electron chi connectivity index (χ3n) is 2.86. The van der Waals surface area contributed by atoms with Crippen LogP contribution in [0.1, 0.15) is 39.0 Å². The standard InChI is InChI=1S/C10H20FN/c1-9-5-3-2-4-6-10(9)12-8-7-11/h9-10,12H,2-8H2,1H3. The van der Waals surface area contributed by atoms with Crippen LogP contribution in [0.5, 0.6) is 0 Å². The summed E-state index contributed by atoms with van der Waals surface area (Å²) >= 11 is 0. The van der Waals surface area contributed by atoms with Crippen LogP contribution in [0.3, 0.4) is 0 Å². The fourth-order valence-electron chi connectivity index (χ4n) is 2.04. The van der Waals surface area contributed by atoms with Gasteiger partial charge in [0.1, 0.15) is 6.67 Å². The molecule has 0 aliphatic heterocycles. The molecule has 2 heteroatoms. The van der Waals surface area contributed by atoms with Crippen molar-refractivity contribution in [2.45, 2.75) is 45.1 Å². The Morgan fingerprint density at radius 3 is 2.75 bits per heavy atom. The van der Waals surface area contributed by atoms with Gasteiger partial charge in [-0.15, -0.1) is 0 Å². The maximum atomic E-state index is 11.9. The molecule has 0 aromatic heterocycles. The van der Waals surface area contributed by atoms with E-state index in [1.807, 2.05) is 0 Å². The molecule has 0 radical (unpaired) electrons. The minimum Gasteiger partial charge on any atom is -0.311 e. The average molecular weight is 173 g/mol. The molecule has 0 aromatic carbocycles. The van der Waals surface area contributed by atoms with Crippen molar-refractivity contribution in [3.8, 4) is 0 Å². The highest BCUT2D eigenvalue weighted by Crippen LogP contribution is 2.22. The molecular weight excluding hydrogens is 153 g/mol. The Balaban J connectivity index is 2.26. The molecule has 0 heterocycles. The normalized spacial score (nSPS) is 31.5. The maximum Gasteiger partial charge on any atom is 0.102 e. The minimum atomic E-state index is -0.233. The molecule has 2 unspecified atom stereocenters. The molecule has 0 aromatic rings. The van der Waals surface area contributed by atoms with Crippen LogP contribution >= 0.6 is 0 Å². The van der Waals surface area contributed by atoms with Gasteiger partial charge in [0.05, 0.1) is 0 Å². The fourth-order valence-corrected chi connectivity index (χ4v) is 2.04. The van der Waals surface area contributed by atoms with E-state index >= 15 is 0 Å². The first-order chi connectivity index (χ1) is 5.84. The van der Waals surface area contributed by atoms with E-state index in [1.54, 1.807) is 0 Å². The van der Waals surface area contributed by atoms with E-state index in [0.29, 0.717) is 12.6 Å². The Morgan fingerprint density at radius 2 is 2.00 bits per heavy atom. The highest BCUT2D eigenvalue weighted by molar-refractivity contribution is 4.76. The van der Waals surface area contributed by atoms with Gasteiger partial charge in [-0.05, 0) is 18.8 Å². The maximum absolute atomic E-state index is 11.9. The first-order valence-electron chi connectivity index (χ1n) is 5.14. The van der Waals surface area contributed by atoms with E-state index < -0.39 is 0 Å². The minimum absolute atomic E-state index is 0.233. The summed E-state index contributed by atoms with van der Waals surface area (Å²) in [6, 6.07) is 0.572. The zero-order valence-corrected chi connectivity index (χ0v) is 7.98. The SMILES string of the molecule is CC1CCCCCC1NCCF. The van der Waals surface area contributed by atoms with Crippen LogP contribution in [-0.4, -0.2) is 19.3 Å². The summed E-state index contributed by atoms with van der Waals surface area (Å²) in [4.78, 5) is 0. The van der Waals surface area contributed by atoms with Crippen LogP contribution in [-0.2, 0) is 0 Å². The molecule has 1 aliphatic rings. The lowest BCUT2D eigenvalue weighted by atomic mass is 9.97. The molecule has 0 bridgehead atoms. The van der Waals surface area contributed by atoms with Crippen LogP contribution in [0.25, 0.3) is 0 Å². The molecule has 1 rings (SSSR count). The van der Waals surface area contributed by atoms with E-state index in [2.05, 4.69) is 12.2 Å². The predicted molar refractivity (Wildman–Crippen MR) is 50.0 cm³/mol. The largest absolute Gasteiger partial charge is 0.311 e. The number of nitrogens with one attached hydrogen (secondary N) is 1. The Bertz CT molecular complexity index is 116. The van der Waals surface area contributed by atoms with E-state index in [9.17, 15) is 4.39 Å². The molecule has 1 aliphatic carbocycles. The fraction of sp³-hybridized carbons (Fsp3) is 1.00. The summed E-state index contributed by atoms with van der Waals surface area (Å²) in [6.45, 7) is 2.58. The van der Waals surface area contributed by atoms with Gasteiger partial charge < -0.3 is 5.32 Å². The summed E-state index contributed by atoms with van der Waals surface area (Å²) in [5.41, 5.74) is 0. The van der Waals surface area contributed by atoms with Gasteiger partial charge in [0.2, 0.25) is 0 Å². The monoisotopic (exact) mass is 173 g/mol. The van der Waals surface area contributed by atoms with Gasteiger partial charge in [-0.1, -0.05) is 26.2 Å². The van der Waals surface area contributed by atoms with Crippen molar-refractivity contribution in [2.75, 3.05) is 13.2 Å². The third-order valence-corrected chi connectivity index (χ3v) is 2.86. The van der Waals surface area contributed by atoms with Crippen molar-refractivity contribution in [1.82, 2.24) is 5.32 Å². The van der Waals surface area contributed by atoms with E-state index in [-0.39, 0.29) is 6.67 Å².